The molecule has 30 heavy (non-hydrogen) atoms. The summed E-state index contributed by atoms with van der Waals surface area (Å²) < 4.78 is 49.1. The highest BCUT2D eigenvalue weighted by Gasteiger charge is 2.26. The molecule has 3 rings (SSSR count). The van der Waals surface area contributed by atoms with E-state index in [2.05, 4.69) is 5.10 Å². The van der Waals surface area contributed by atoms with Crippen molar-refractivity contribution in [3.8, 4) is 11.4 Å². The molecule has 0 amide bonds. The van der Waals surface area contributed by atoms with E-state index in [-0.39, 0.29) is 22.2 Å². The maximum atomic E-state index is 13.2. The van der Waals surface area contributed by atoms with Crippen LogP contribution < -0.4 is 9.74 Å². The number of benzene rings is 2. The first-order valence-electron chi connectivity index (χ1n) is 8.49. The molecule has 0 spiro atoms. The Morgan fingerprint density at radius 1 is 1.17 bits per heavy atom. The Hall–Kier alpha value is -3.24. The van der Waals surface area contributed by atoms with Crippen molar-refractivity contribution in [3.05, 3.63) is 81.5 Å². The van der Waals surface area contributed by atoms with E-state index in [0.29, 0.717) is 0 Å². The number of hydrogen-bond acceptors (Lipinski definition) is 7. The van der Waals surface area contributed by atoms with Gasteiger partial charge in [-0.2, -0.15) is 18.2 Å². The number of carbonyl (C=O) groups excluding carboxylic acids is 1. The van der Waals surface area contributed by atoms with Gasteiger partial charge in [0.2, 0.25) is 5.69 Å². The molecule has 1 heterocycles. The first-order valence-corrected chi connectivity index (χ1v) is 10.3. The highest BCUT2D eigenvalue weighted by molar-refractivity contribution is 7.87. The zero-order valence-electron chi connectivity index (χ0n) is 15.4. The lowest BCUT2D eigenvalue weighted by Crippen LogP contribution is -2.26. The molecule has 156 valence electrons. The van der Waals surface area contributed by atoms with Crippen LogP contribution in [0.3, 0.4) is 0 Å². The summed E-state index contributed by atoms with van der Waals surface area (Å²) >= 11 is 5.91. The lowest BCUT2D eigenvalue weighted by molar-refractivity contribution is 0.0515. The molecule has 0 fully saturated rings. The smallest absolute Gasteiger partial charge is 0.362 e. The van der Waals surface area contributed by atoms with Crippen LogP contribution in [0.5, 0.6) is 5.75 Å². The van der Waals surface area contributed by atoms with Crippen LogP contribution in [0.4, 0.5) is 4.39 Å². The van der Waals surface area contributed by atoms with Crippen molar-refractivity contribution >= 4 is 27.7 Å². The largest absolute Gasteiger partial charge is 0.461 e. The van der Waals surface area contributed by atoms with Gasteiger partial charge in [0.1, 0.15) is 10.7 Å². The summed E-state index contributed by atoms with van der Waals surface area (Å²) in [7, 11) is -4.49. The Morgan fingerprint density at radius 2 is 1.83 bits per heavy atom. The minimum absolute atomic E-state index is 0.0348. The number of halogens is 2. The van der Waals surface area contributed by atoms with Gasteiger partial charge in [-0.3, -0.25) is 4.79 Å². The van der Waals surface area contributed by atoms with Gasteiger partial charge in [0.15, 0.2) is 5.75 Å². The van der Waals surface area contributed by atoms with Crippen LogP contribution in [0.15, 0.2) is 64.3 Å². The van der Waals surface area contributed by atoms with Crippen molar-refractivity contribution in [2.24, 2.45) is 0 Å². The molecule has 1 aromatic heterocycles. The lowest BCUT2D eigenvalue weighted by atomic mass is 10.3. The second kappa shape index (κ2) is 8.64. The Bertz CT molecular complexity index is 1260. The highest BCUT2D eigenvalue weighted by atomic mass is 35.5. The third-order valence-electron chi connectivity index (χ3n) is 3.74. The monoisotopic (exact) mass is 452 g/mol. The predicted octanol–water partition coefficient (Wildman–Crippen LogP) is 2.97. The van der Waals surface area contributed by atoms with Crippen LogP contribution in [-0.2, 0) is 14.9 Å². The summed E-state index contributed by atoms with van der Waals surface area (Å²) in [6.07, 6.45) is 0. The van der Waals surface area contributed by atoms with Gasteiger partial charge in [0.25, 0.3) is 5.56 Å². The molecule has 8 nitrogen and oxygen atoms in total. The summed E-state index contributed by atoms with van der Waals surface area (Å²) in [5.74, 6) is -2.18. The van der Waals surface area contributed by atoms with Gasteiger partial charge >= 0.3 is 16.1 Å². The highest BCUT2D eigenvalue weighted by Crippen LogP contribution is 2.26. The van der Waals surface area contributed by atoms with Gasteiger partial charge in [-0.15, -0.1) is 0 Å². The molecular formula is C19H14ClFN2O6S. The SMILES string of the molecule is CCOC(=O)c1nn(-c2ccc(F)cc2)c(=O)cc1OS(=O)(=O)c1ccccc1Cl. The minimum atomic E-state index is -4.49. The molecule has 2 aromatic carbocycles. The molecule has 0 aliphatic rings. The molecular weight excluding hydrogens is 439 g/mol. The fourth-order valence-corrected chi connectivity index (χ4v) is 3.85. The molecule has 11 heteroatoms. The predicted molar refractivity (Wildman–Crippen MR) is 105 cm³/mol. The average molecular weight is 453 g/mol. The van der Waals surface area contributed by atoms with Gasteiger partial charge < -0.3 is 8.92 Å². The van der Waals surface area contributed by atoms with Crippen molar-refractivity contribution in [1.82, 2.24) is 9.78 Å². The van der Waals surface area contributed by atoms with E-state index in [4.69, 9.17) is 20.5 Å². The normalized spacial score (nSPS) is 11.2. The van der Waals surface area contributed by atoms with E-state index >= 15 is 0 Å². The number of hydrogen-bond donors (Lipinski definition) is 0. The van der Waals surface area contributed by atoms with Gasteiger partial charge in [-0.05, 0) is 43.3 Å². The number of esters is 1. The Balaban J connectivity index is 2.13. The minimum Gasteiger partial charge on any atom is -0.461 e. The Kier molecular flexibility index (Phi) is 6.18. The van der Waals surface area contributed by atoms with Crippen molar-refractivity contribution in [2.75, 3.05) is 6.61 Å². The molecule has 3 aromatic rings. The fraction of sp³-hybridized carbons (Fsp3) is 0.105. The van der Waals surface area contributed by atoms with E-state index in [1.165, 1.54) is 43.3 Å². The standard InChI is InChI=1S/C19H14ClFN2O6S/c1-2-28-19(25)18-15(29-30(26,27)16-6-4-3-5-14(16)20)11-17(24)23(22-18)13-9-7-12(21)8-10-13/h3-11H,2H2,1H3. The summed E-state index contributed by atoms with van der Waals surface area (Å²) in [6.45, 7) is 1.50. The number of aromatic nitrogens is 2. The van der Waals surface area contributed by atoms with Gasteiger partial charge in [-0.25, -0.2) is 9.18 Å². The second-order valence-corrected chi connectivity index (χ2v) is 7.69. The number of carbonyl (C=O) groups is 1. The topological polar surface area (TPSA) is 105 Å². The maximum absolute atomic E-state index is 13.2. The third-order valence-corrected chi connectivity index (χ3v) is 5.48. The lowest BCUT2D eigenvalue weighted by Gasteiger charge is -2.13. The van der Waals surface area contributed by atoms with E-state index in [0.717, 1.165) is 22.9 Å². The molecule has 0 unspecified atom stereocenters. The fourth-order valence-electron chi connectivity index (χ4n) is 2.42. The zero-order valence-corrected chi connectivity index (χ0v) is 17.0. The molecule has 0 aliphatic carbocycles. The number of ether oxygens (including phenoxy) is 1. The van der Waals surface area contributed by atoms with Crippen molar-refractivity contribution in [3.63, 3.8) is 0 Å². The van der Waals surface area contributed by atoms with Crippen LogP contribution in [-0.4, -0.2) is 30.8 Å². The number of nitrogens with zero attached hydrogens (tertiary/aromatic N) is 2. The molecule has 0 N–H and O–H groups in total. The second-order valence-electron chi connectivity index (χ2n) is 5.77. The molecule has 0 atom stereocenters. The van der Waals surface area contributed by atoms with Crippen LogP contribution in [0.25, 0.3) is 5.69 Å². The Labute approximate surface area is 175 Å². The Morgan fingerprint density at radius 3 is 2.47 bits per heavy atom. The molecule has 0 bridgehead atoms. The summed E-state index contributed by atoms with van der Waals surface area (Å²) in [6, 6.07) is 11.0. The number of rotatable bonds is 6. The van der Waals surface area contributed by atoms with E-state index in [9.17, 15) is 22.4 Å². The van der Waals surface area contributed by atoms with Crippen LogP contribution in [0.1, 0.15) is 17.4 Å². The van der Waals surface area contributed by atoms with E-state index in [1.54, 1.807) is 0 Å². The van der Waals surface area contributed by atoms with Crippen LogP contribution >= 0.6 is 11.6 Å². The first kappa shape index (κ1) is 21.5. The summed E-state index contributed by atoms with van der Waals surface area (Å²) in [5.41, 5.74) is -1.23. The third kappa shape index (κ3) is 4.50. The average Bonchev–Trinajstić information content (AvgIpc) is 2.69. The van der Waals surface area contributed by atoms with E-state index < -0.39 is 38.9 Å². The zero-order chi connectivity index (χ0) is 21.9. The van der Waals surface area contributed by atoms with Gasteiger partial charge in [-0.1, -0.05) is 23.7 Å². The summed E-state index contributed by atoms with van der Waals surface area (Å²) in [5, 5.41) is 3.77. The van der Waals surface area contributed by atoms with E-state index in [1.807, 2.05) is 0 Å². The molecule has 0 aliphatic heterocycles. The van der Waals surface area contributed by atoms with Crippen molar-refractivity contribution < 1.29 is 26.5 Å². The van der Waals surface area contributed by atoms with Gasteiger partial charge in [0.05, 0.1) is 23.4 Å². The van der Waals surface area contributed by atoms with Gasteiger partial charge in [0, 0.05) is 0 Å². The van der Waals surface area contributed by atoms with Crippen LogP contribution in [0, 0.1) is 5.82 Å². The quantitative estimate of drug-likeness (QED) is 0.418. The molecule has 0 saturated carbocycles. The molecule has 0 radical (unpaired) electrons. The first-order chi connectivity index (χ1) is 14.2. The van der Waals surface area contributed by atoms with Crippen molar-refractivity contribution in [1.29, 1.82) is 0 Å². The maximum Gasteiger partial charge on any atom is 0.362 e. The van der Waals surface area contributed by atoms with Crippen molar-refractivity contribution in [2.45, 2.75) is 11.8 Å². The van der Waals surface area contributed by atoms with Crippen LogP contribution in [0.2, 0.25) is 5.02 Å². The molecule has 0 saturated heterocycles. The summed E-state index contributed by atoms with van der Waals surface area (Å²) in [4.78, 5) is 24.5.